The molecule has 1 aromatic carbocycles. The third-order valence-corrected chi connectivity index (χ3v) is 2.03. The second-order valence-corrected chi connectivity index (χ2v) is 3.35. The van der Waals surface area contributed by atoms with Crippen LogP contribution in [0.15, 0.2) is 29.3 Å². The fraction of sp³-hybridized carbons (Fsp3) is 0.111. The molecule has 0 fully saturated rings. The Morgan fingerprint density at radius 2 is 1.92 bits per heavy atom. The van der Waals surface area contributed by atoms with Gasteiger partial charge in [-0.1, -0.05) is 28.6 Å². The van der Waals surface area contributed by atoms with E-state index in [2.05, 4.69) is 22.5 Å². The zero-order valence-electron chi connectivity index (χ0n) is 6.53. The van der Waals surface area contributed by atoms with Crippen LogP contribution in [-0.2, 0) is 6.18 Å². The molecule has 13 heavy (non-hydrogen) atoms. The number of hydrogen-bond acceptors (Lipinski definition) is 0. The van der Waals surface area contributed by atoms with Crippen molar-refractivity contribution in [3.05, 3.63) is 40.4 Å². The van der Waals surface area contributed by atoms with Crippen molar-refractivity contribution in [2.24, 2.45) is 0 Å². The lowest BCUT2D eigenvalue weighted by Gasteiger charge is -2.09. The normalized spacial score (nSPS) is 11.4. The zero-order valence-corrected chi connectivity index (χ0v) is 8.11. The highest BCUT2D eigenvalue weighted by atomic mass is 79.9. The summed E-state index contributed by atoms with van der Waals surface area (Å²) in [7, 11) is 0. The molecule has 0 aliphatic heterocycles. The van der Waals surface area contributed by atoms with Crippen molar-refractivity contribution in [1.82, 2.24) is 0 Å². The SMILES string of the molecule is C=Cc1cc(Br)ccc1C(F)(F)F. The first-order chi connectivity index (χ1) is 5.95. The fourth-order valence-corrected chi connectivity index (χ4v) is 1.34. The first kappa shape index (κ1) is 10.3. The minimum Gasteiger partial charge on any atom is -0.166 e. The van der Waals surface area contributed by atoms with Crippen molar-refractivity contribution >= 4 is 22.0 Å². The van der Waals surface area contributed by atoms with E-state index in [9.17, 15) is 13.2 Å². The first-order valence-corrected chi connectivity index (χ1v) is 4.23. The maximum absolute atomic E-state index is 12.3. The summed E-state index contributed by atoms with van der Waals surface area (Å²) in [5.41, 5.74) is -0.576. The van der Waals surface area contributed by atoms with Gasteiger partial charge < -0.3 is 0 Å². The quantitative estimate of drug-likeness (QED) is 0.704. The number of hydrogen-bond donors (Lipinski definition) is 0. The van der Waals surface area contributed by atoms with Crippen LogP contribution in [0.5, 0.6) is 0 Å². The number of benzene rings is 1. The van der Waals surface area contributed by atoms with E-state index in [1.165, 1.54) is 18.2 Å². The van der Waals surface area contributed by atoms with Gasteiger partial charge in [-0.3, -0.25) is 0 Å². The van der Waals surface area contributed by atoms with E-state index >= 15 is 0 Å². The van der Waals surface area contributed by atoms with Crippen molar-refractivity contribution in [1.29, 1.82) is 0 Å². The molecule has 4 heteroatoms. The molecule has 0 atom stereocenters. The van der Waals surface area contributed by atoms with Crippen LogP contribution in [0.25, 0.3) is 6.08 Å². The molecular weight excluding hydrogens is 245 g/mol. The molecule has 0 saturated heterocycles. The molecular formula is C9H6BrF3. The lowest BCUT2D eigenvalue weighted by Crippen LogP contribution is -2.06. The van der Waals surface area contributed by atoms with Gasteiger partial charge in [-0.2, -0.15) is 13.2 Å². The number of alkyl halides is 3. The molecule has 0 spiro atoms. The predicted molar refractivity (Wildman–Crippen MR) is 49.2 cm³/mol. The molecule has 1 rings (SSSR count). The average Bonchev–Trinajstić information content (AvgIpc) is 2.01. The van der Waals surface area contributed by atoms with Gasteiger partial charge >= 0.3 is 6.18 Å². The third kappa shape index (κ3) is 2.34. The van der Waals surface area contributed by atoms with Gasteiger partial charge in [-0.25, -0.2) is 0 Å². The Morgan fingerprint density at radius 1 is 1.31 bits per heavy atom. The van der Waals surface area contributed by atoms with E-state index in [-0.39, 0.29) is 5.56 Å². The van der Waals surface area contributed by atoms with Gasteiger partial charge in [-0.15, -0.1) is 0 Å². The van der Waals surface area contributed by atoms with Gasteiger partial charge in [-0.05, 0) is 23.8 Å². The molecule has 0 aromatic heterocycles. The maximum Gasteiger partial charge on any atom is 0.416 e. The molecule has 70 valence electrons. The molecule has 0 nitrogen and oxygen atoms in total. The van der Waals surface area contributed by atoms with Crippen LogP contribution in [0, 0.1) is 0 Å². The molecule has 0 amide bonds. The largest absolute Gasteiger partial charge is 0.416 e. The number of rotatable bonds is 1. The van der Waals surface area contributed by atoms with Crippen LogP contribution in [0.4, 0.5) is 13.2 Å². The lowest BCUT2D eigenvalue weighted by atomic mass is 10.1. The Kier molecular flexibility index (Phi) is 2.81. The van der Waals surface area contributed by atoms with Crippen LogP contribution < -0.4 is 0 Å². The van der Waals surface area contributed by atoms with Gasteiger partial charge in [0.2, 0.25) is 0 Å². The molecule has 0 aliphatic carbocycles. The average molecular weight is 251 g/mol. The Morgan fingerprint density at radius 3 is 2.38 bits per heavy atom. The van der Waals surface area contributed by atoms with E-state index in [0.29, 0.717) is 4.47 Å². The monoisotopic (exact) mass is 250 g/mol. The highest BCUT2D eigenvalue weighted by Crippen LogP contribution is 2.33. The van der Waals surface area contributed by atoms with E-state index < -0.39 is 11.7 Å². The molecule has 0 N–H and O–H groups in total. The highest BCUT2D eigenvalue weighted by molar-refractivity contribution is 9.10. The molecule has 0 unspecified atom stereocenters. The summed E-state index contributed by atoms with van der Waals surface area (Å²) in [4.78, 5) is 0. The van der Waals surface area contributed by atoms with Gasteiger partial charge in [0.15, 0.2) is 0 Å². The summed E-state index contributed by atoms with van der Waals surface area (Å²) < 4.78 is 37.5. The van der Waals surface area contributed by atoms with Crippen LogP contribution in [0.3, 0.4) is 0 Å². The standard InChI is InChI=1S/C9H6BrF3/c1-2-6-5-7(10)3-4-8(6)9(11,12)13/h2-5H,1H2. The molecule has 0 bridgehead atoms. The number of halogens is 4. The van der Waals surface area contributed by atoms with Crippen LogP contribution in [-0.4, -0.2) is 0 Å². The van der Waals surface area contributed by atoms with Crippen molar-refractivity contribution in [2.75, 3.05) is 0 Å². The van der Waals surface area contributed by atoms with E-state index in [4.69, 9.17) is 0 Å². The summed E-state index contributed by atoms with van der Waals surface area (Å²) in [6, 6.07) is 3.77. The van der Waals surface area contributed by atoms with Gasteiger partial charge in [0, 0.05) is 4.47 Å². The van der Waals surface area contributed by atoms with Crippen molar-refractivity contribution in [3.8, 4) is 0 Å². The molecule has 0 heterocycles. The Labute approximate surface area is 82.2 Å². The topological polar surface area (TPSA) is 0 Å². The van der Waals surface area contributed by atoms with E-state index in [1.54, 1.807) is 0 Å². The van der Waals surface area contributed by atoms with Crippen molar-refractivity contribution in [2.45, 2.75) is 6.18 Å². The van der Waals surface area contributed by atoms with Crippen molar-refractivity contribution < 1.29 is 13.2 Å². The third-order valence-electron chi connectivity index (χ3n) is 1.54. The van der Waals surface area contributed by atoms with Crippen LogP contribution in [0.2, 0.25) is 0 Å². The summed E-state index contributed by atoms with van der Waals surface area (Å²) in [6.45, 7) is 3.33. The molecule has 0 aliphatic rings. The summed E-state index contributed by atoms with van der Waals surface area (Å²) in [5.74, 6) is 0. The smallest absolute Gasteiger partial charge is 0.166 e. The maximum atomic E-state index is 12.3. The second-order valence-electron chi connectivity index (χ2n) is 2.43. The van der Waals surface area contributed by atoms with Crippen molar-refractivity contribution in [3.63, 3.8) is 0 Å². The fourth-order valence-electron chi connectivity index (χ4n) is 0.961. The minimum absolute atomic E-state index is 0.0851. The van der Waals surface area contributed by atoms with Gasteiger partial charge in [0.1, 0.15) is 0 Å². The van der Waals surface area contributed by atoms with Crippen LogP contribution in [0.1, 0.15) is 11.1 Å². The minimum atomic E-state index is -4.32. The summed E-state index contributed by atoms with van der Waals surface area (Å²) in [6.07, 6.45) is -3.13. The Balaban J connectivity index is 3.29. The molecule has 1 aromatic rings. The van der Waals surface area contributed by atoms with E-state index in [1.807, 2.05) is 0 Å². The first-order valence-electron chi connectivity index (χ1n) is 3.44. The van der Waals surface area contributed by atoms with Crippen LogP contribution >= 0.6 is 15.9 Å². The predicted octanol–water partition coefficient (Wildman–Crippen LogP) is 4.11. The zero-order chi connectivity index (χ0) is 10.1. The second kappa shape index (κ2) is 3.54. The molecule has 0 radical (unpaired) electrons. The Hall–Kier alpha value is -0.770. The van der Waals surface area contributed by atoms with Gasteiger partial charge in [0.05, 0.1) is 5.56 Å². The molecule has 0 saturated carbocycles. The summed E-state index contributed by atoms with van der Waals surface area (Å²) in [5, 5.41) is 0. The lowest BCUT2D eigenvalue weighted by molar-refractivity contribution is -0.137. The highest BCUT2D eigenvalue weighted by Gasteiger charge is 2.32. The Bertz CT molecular complexity index is 328. The van der Waals surface area contributed by atoms with Gasteiger partial charge in [0.25, 0.3) is 0 Å². The van der Waals surface area contributed by atoms with E-state index in [0.717, 1.165) is 6.07 Å². The summed E-state index contributed by atoms with van der Waals surface area (Å²) >= 11 is 3.09.